The number of carboxylic acids is 1. The van der Waals surface area contributed by atoms with E-state index in [0.29, 0.717) is 11.6 Å². The molecule has 1 rings (SSSR count). The first-order chi connectivity index (χ1) is 14.5. The van der Waals surface area contributed by atoms with Crippen LogP contribution in [0.25, 0.3) is 0 Å². The summed E-state index contributed by atoms with van der Waals surface area (Å²) < 4.78 is 43.5. The molecule has 0 atom stereocenters. The van der Waals surface area contributed by atoms with Gasteiger partial charge in [0.15, 0.2) is 0 Å². The summed E-state index contributed by atoms with van der Waals surface area (Å²) in [5.41, 5.74) is -0.0306. The zero-order chi connectivity index (χ0) is 23.6. The summed E-state index contributed by atoms with van der Waals surface area (Å²) in [6, 6.07) is 6.87. The Morgan fingerprint density at radius 1 is 1.29 bits per heavy atom. The van der Waals surface area contributed by atoms with Crippen LogP contribution in [0.15, 0.2) is 76.4 Å². The van der Waals surface area contributed by atoms with Crippen LogP contribution in [-0.2, 0) is 16.0 Å². The first-order valence-electron chi connectivity index (χ1n) is 9.00. The Balaban J connectivity index is 3.05. The predicted molar refractivity (Wildman–Crippen MR) is 116 cm³/mol. The monoisotopic (exact) mass is 455 g/mol. The molecule has 0 spiro atoms. The number of carboxylic acid groups (broad SMARTS) is 1. The van der Waals surface area contributed by atoms with Crippen molar-refractivity contribution in [3.8, 4) is 0 Å². The van der Waals surface area contributed by atoms with E-state index in [1.54, 1.807) is 24.3 Å². The van der Waals surface area contributed by atoms with E-state index in [1.807, 2.05) is 0 Å². The molecule has 0 heterocycles. The van der Waals surface area contributed by atoms with E-state index in [-0.39, 0.29) is 41.4 Å². The predicted octanol–water partition coefficient (Wildman–Crippen LogP) is 5.51. The van der Waals surface area contributed by atoms with Crippen LogP contribution in [0.2, 0.25) is 0 Å². The number of alkyl halides is 3. The van der Waals surface area contributed by atoms with Gasteiger partial charge in [-0.05, 0) is 36.3 Å². The summed E-state index contributed by atoms with van der Waals surface area (Å²) in [5, 5.41) is 27.7. The number of carbonyl (C=O) groups is 1. The second kappa shape index (κ2) is 12.2. The van der Waals surface area contributed by atoms with Crippen LogP contribution >= 0.6 is 11.8 Å². The molecule has 9 heteroatoms. The van der Waals surface area contributed by atoms with Gasteiger partial charge >= 0.3 is 12.1 Å². The SMILES string of the molecule is C=C\C(=C/C=C(C)/C(O)=C(\COC)C(=N)CSc1cccc(CC(=O)O)c1)C(F)(F)F. The van der Waals surface area contributed by atoms with Gasteiger partial charge < -0.3 is 20.4 Å². The molecular formula is C22H24F3NO4S. The fraction of sp³-hybridized carbons (Fsp3) is 0.273. The standard InChI is InChI=1S/C22H24F3NO4S/c1-4-16(22(23,24)25)9-8-14(2)21(29)18(12-30-3)19(26)13-31-17-7-5-6-15(10-17)11-20(27)28/h4-10,26,29H,1,11-13H2,2-3H3,(H,27,28)/b14-8+,16-9+,21-18-,26-19?. The number of hydrogen-bond donors (Lipinski definition) is 3. The lowest BCUT2D eigenvalue weighted by Gasteiger charge is -2.13. The molecule has 1 aromatic carbocycles. The lowest BCUT2D eigenvalue weighted by atomic mass is 10.1. The average Bonchev–Trinajstić information content (AvgIpc) is 2.68. The second-order valence-corrected chi connectivity index (χ2v) is 7.47. The Morgan fingerprint density at radius 3 is 2.52 bits per heavy atom. The molecule has 0 aliphatic carbocycles. The first-order valence-corrected chi connectivity index (χ1v) is 9.99. The van der Waals surface area contributed by atoms with Gasteiger partial charge in [-0.15, -0.1) is 11.8 Å². The Hall–Kier alpha value is -2.78. The number of allylic oxidation sites excluding steroid dienone is 5. The van der Waals surface area contributed by atoms with E-state index in [0.717, 1.165) is 17.0 Å². The van der Waals surface area contributed by atoms with E-state index < -0.39 is 17.7 Å². The van der Waals surface area contributed by atoms with E-state index in [9.17, 15) is 23.1 Å². The minimum atomic E-state index is -4.56. The van der Waals surface area contributed by atoms with Crippen molar-refractivity contribution in [2.45, 2.75) is 24.4 Å². The fourth-order valence-corrected chi connectivity index (χ4v) is 3.31. The summed E-state index contributed by atoms with van der Waals surface area (Å²) in [6.45, 7) is 4.46. The number of thioether (sulfide) groups is 1. The second-order valence-electron chi connectivity index (χ2n) is 6.42. The number of benzene rings is 1. The van der Waals surface area contributed by atoms with Crippen molar-refractivity contribution in [3.63, 3.8) is 0 Å². The maximum absolute atomic E-state index is 12.8. The number of aliphatic hydroxyl groups is 1. The highest BCUT2D eigenvalue weighted by Gasteiger charge is 2.30. The third kappa shape index (κ3) is 8.85. The van der Waals surface area contributed by atoms with Crippen molar-refractivity contribution in [3.05, 3.63) is 77.1 Å². The van der Waals surface area contributed by atoms with Gasteiger partial charge in [0.25, 0.3) is 0 Å². The molecule has 5 nitrogen and oxygen atoms in total. The van der Waals surface area contributed by atoms with E-state index in [1.165, 1.54) is 25.8 Å². The van der Waals surface area contributed by atoms with Crippen LogP contribution in [0.1, 0.15) is 12.5 Å². The molecule has 168 valence electrons. The molecule has 0 aliphatic heterocycles. The van der Waals surface area contributed by atoms with Gasteiger partial charge in [0.05, 0.1) is 24.3 Å². The Labute approximate surface area is 183 Å². The maximum Gasteiger partial charge on any atom is 0.416 e. The van der Waals surface area contributed by atoms with Crippen LogP contribution < -0.4 is 0 Å². The van der Waals surface area contributed by atoms with Crippen molar-refractivity contribution in [2.24, 2.45) is 0 Å². The smallest absolute Gasteiger partial charge is 0.416 e. The molecule has 0 radical (unpaired) electrons. The third-order valence-corrected chi connectivity index (χ3v) is 5.03. The summed E-state index contributed by atoms with van der Waals surface area (Å²) in [5.74, 6) is -1.15. The highest BCUT2D eigenvalue weighted by Crippen LogP contribution is 2.27. The minimum Gasteiger partial charge on any atom is -0.507 e. The minimum absolute atomic E-state index is 0.0319. The summed E-state index contributed by atoms with van der Waals surface area (Å²) in [7, 11) is 1.38. The van der Waals surface area contributed by atoms with Gasteiger partial charge in [0.1, 0.15) is 5.76 Å². The largest absolute Gasteiger partial charge is 0.507 e. The van der Waals surface area contributed by atoms with Crippen molar-refractivity contribution in [2.75, 3.05) is 19.5 Å². The molecular weight excluding hydrogens is 431 g/mol. The van der Waals surface area contributed by atoms with E-state index >= 15 is 0 Å². The average molecular weight is 455 g/mol. The zero-order valence-electron chi connectivity index (χ0n) is 17.1. The van der Waals surface area contributed by atoms with Gasteiger partial charge in [0.2, 0.25) is 0 Å². The van der Waals surface area contributed by atoms with Crippen LogP contribution in [0.3, 0.4) is 0 Å². The normalized spacial score (nSPS) is 13.6. The summed E-state index contributed by atoms with van der Waals surface area (Å²) in [4.78, 5) is 11.6. The summed E-state index contributed by atoms with van der Waals surface area (Å²) >= 11 is 1.27. The van der Waals surface area contributed by atoms with Gasteiger partial charge in [0, 0.05) is 23.3 Å². The molecule has 0 saturated heterocycles. The molecule has 31 heavy (non-hydrogen) atoms. The quantitative estimate of drug-likeness (QED) is 0.177. The third-order valence-electron chi connectivity index (χ3n) is 4.01. The number of ether oxygens (including phenoxy) is 1. The number of rotatable bonds is 11. The molecule has 0 aromatic heterocycles. The van der Waals surface area contributed by atoms with Gasteiger partial charge in [-0.1, -0.05) is 30.9 Å². The number of methoxy groups -OCH3 is 1. The summed E-state index contributed by atoms with van der Waals surface area (Å²) in [6.07, 6.45) is -2.10. The lowest BCUT2D eigenvalue weighted by molar-refractivity contribution is -0.136. The van der Waals surface area contributed by atoms with Crippen molar-refractivity contribution >= 4 is 23.4 Å². The molecule has 0 saturated carbocycles. The van der Waals surface area contributed by atoms with E-state index in [4.69, 9.17) is 15.3 Å². The van der Waals surface area contributed by atoms with Crippen molar-refractivity contribution < 1.29 is 32.9 Å². The molecule has 0 bridgehead atoms. The number of aliphatic hydroxyl groups excluding tert-OH is 1. The highest BCUT2D eigenvalue weighted by molar-refractivity contribution is 8.00. The van der Waals surface area contributed by atoms with E-state index in [2.05, 4.69) is 6.58 Å². The van der Waals surface area contributed by atoms with Crippen LogP contribution in [0, 0.1) is 5.41 Å². The number of hydrogen-bond acceptors (Lipinski definition) is 5. The molecule has 0 unspecified atom stereocenters. The van der Waals surface area contributed by atoms with Crippen LogP contribution in [0.5, 0.6) is 0 Å². The zero-order valence-corrected chi connectivity index (χ0v) is 17.9. The topological polar surface area (TPSA) is 90.6 Å². The molecule has 0 amide bonds. The Morgan fingerprint density at radius 2 is 1.97 bits per heavy atom. The van der Waals surface area contributed by atoms with Crippen molar-refractivity contribution in [1.82, 2.24) is 0 Å². The van der Waals surface area contributed by atoms with Gasteiger partial charge in [-0.2, -0.15) is 13.2 Å². The Kier molecular flexibility index (Phi) is 10.3. The van der Waals surface area contributed by atoms with Crippen molar-refractivity contribution in [1.29, 1.82) is 5.41 Å². The molecule has 0 aliphatic rings. The molecule has 3 N–H and O–H groups in total. The fourth-order valence-electron chi connectivity index (χ4n) is 2.42. The van der Waals surface area contributed by atoms with Gasteiger partial charge in [-0.25, -0.2) is 0 Å². The Bertz CT molecular complexity index is 918. The first kappa shape index (κ1) is 26.3. The van der Waals surface area contributed by atoms with Gasteiger partial charge in [-0.3, -0.25) is 4.79 Å². The lowest BCUT2D eigenvalue weighted by Crippen LogP contribution is -2.13. The highest BCUT2D eigenvalue weighted by atomic mass is 32.2. The maximum atomic E-state index is 12.8. The number of aliphatic carboxylic acids is 1. The van der Waals surface area contributed by atoms with Crippen LogP contribution in [-0.4, -0.2) is 47.5 Å². The molecule has 0 fully saturated rings. The molecule has 1 aromatic rings. The number of halogens is 3. The van der Waals surface area contributed by atoms with Crippen LogP contribution in [0.4, 0.5) is 13.2 Å². The number of nitrogens with one attached hydrogen (secondary N) is 1.